The number of aryl methyl sites for hydroxylation is 1. The predicted molar refractivity (Wildman–Crippen MR) is 87.8 cm³/mol. The molecule has 0 aliphatic rings. The van der Waals surface area contributed by atoms with Crippen LogP contribution >= 0.6 is 0 Å². The summed E-state index contributed by atoms with van der Waals surface area (Å²) in [5.74, 6) is -2.59. The van der Waals surface area contributed by atoms with Crippen LogP contribution in [0.5, 0.6) is 0 Å². The summed E-state index contributed by atoms with van der Waals surface area (Å²) in [6, 6.07) is 8.42. The standard InChI is InChI=1S/C18H13F3N2O2/c19-12-4-5-15(14(21)8-12)22-17(24)6-2-11-7-10-1-3-13(20)9-16(10)23-18(11)25/h1,3-5,7-9H,2,6H2,(H,22,24)(H,23,25). The van der Waals surface area contributed by atoms with Crippen LogP contribution in [0.1, 0.15) is 12.0 Å². The number of fused-ring (bicyclic) bond motifs is 1. The first-order valence-corrected chi connectivity index (χ1v) is 7.49. The average molecular weight is 346 g/mol. The van der Waals surface area contributed by atoms with Crippen molar-refractivity contribution in [2.45, 2.75) is 12.8 Å². The monoisotopic (exact) mass is 346 g/mol. The molecular formula is C18H13F3N2O2. The van der Waals surface area contributed by atoms with Gasteiger partial charge in [-0.25, -0.2) is 13.2 Å². The number of carbonyl (C=O) groups excluding carboxylic acids is 1. The molecule has 3 aromatic rings. The summed E-state index contributed by atoms with van der Waals surface area (Å²) >= 11 is 0. The molecule has 0 radical (unpaired) electrons. The van der Waals surface area contributed by atoms with Gasteiger partial charge in [0.25, 0.3) is 5.56 Å². The van der Waals surface area contributed by atoms with Crippen LogP contribution in [-0.4, -0.2) is 10.9 Å². The Kier molecular flexibility index (Phi) is 4.56. The zero-order valence-electron chi connectivity index (χ0n) is 12.9. The first-order chi connectivity index (χ1) is 11.9. The van der Waals surface area contributed by atoms with E-state index in [1.165, 1.54) is 18.2 Å². The number of hydrogen-bond acceptors (Lipinski definition) is 2. The number of carbonyl (C=O) groups is 1. The van der Waals surface area contributed by atoms with E-state index in [4.69, 9.17) is 0 Å². The third-order valence-electron chi connectivity index (χ3n) is 3.71. The molecule has 2 N–H and O–H groups in total. The molecule has 0 saturated carbocycles. The Morgan fingerprint density at radius 1 is 1.00 bits per heavy atom. The fourth-order valence-corrected chi connectivity index (χ4v) is 2.46. The minimum atomic E-state index is -0.876. The molecule has 128 valence electrons. The van der Waals surface area contributed by atoms with Gasteiger partial charge < -0.3 is 10.3 Å². The Balaban J connectivity index is 1.71. The van der Waals surface area contributed by atoms with E-state index in [1.807, 2.05) is 0 Å². The van der Waals surface area contributed by atoms with Crippen molar-refractivity contribution in [3.63, 3.8) is 0 Å². The number of amides is 1. The summed E-state index contributed by atoms with van der Waals surface area (Å²) in [6.07, 6.45) is 0.0594. The maximum Gasteiger partial charge on any atom is 0.251 e. The molecule has 0 aliphatic carbocycles. The van der Waals surface area contributed by atoms with Gasteiger partial charge in [0.05, 0.1) is 11.2 Å². The Morgan fingerprint density at radius 2 is 1.72 bits per heavy atom. The first-order valence-electron chi connectivity index (χ1n) is 7.49. The van der Waals surface area contributed by atoms with Crippen molar-refractivity contribution in [2.24, 2.45) is 0 Å². The smallest absolute Gasteiger partial charge is 0.251 e. The minimum absolute atomic E-state index is 0.0629. The number of hydrogen-bond donors (Lipinski definition) is 2. The van der Waals surface area contributed by atoms with E-state index in [0.717, 1.165) is 12.1 Å². The lowest BCUT2D eigenvalue weighted by atomic mass is 10.1. The third-order valence-corrected chi connectivity index (χ3v) is 3.71. The van der Waals surface area contributed by atoms with Crippen LogP contribution in [0.3, 0.4) is 0 Å². The van der Waals surface area contributed by atoms with Crippen molar-refractivity contribution in [3.05, 3.63) is 75.8 Å². The number of rotatable bonds is 4. The Morgan fingerprint density at radius 3 is 2.48 bits per heavy atom. The summed E-state index contributed by atoms with van der Waals surface area (Å²) < 4.78 is 39.5. The highest BCUT2D eigenvalue weighted by molar-refractivity contribution is 5.91. The van der Waals surface area contributed by atoms with E-state index in [9.17, 15) is 22.8 Å². The number of aromatic nitrogens is 1. The first kappa shape index (κ1) is 16.8. The molecule has 0 spiro atoms. The molecule has 0 saturated heterocycles. The lowest BCUT2D eigenvalue weighted by molar-refractivity contribution is -0.116. The van der Waals surface area contributed by atoms with Crippen molar-refractivity contribution in [3.8, 4) is 0 Å². The van der Waals surface area contributed by atoms with Crippen LogP contribution < -0.4 is 10.9 Å². The van der Waals surface area contributed by atoms with Crippen LogP contribution in [0.2, 0.25) is 0 Å². The normalized spacial score (nSPS) is 10.8. The molecule has 0 aliphatic heterocycles. The molecule has 4 nitrogen and oxygen atoms in total. The summed E-state index contributed by atoms with van der Waals surface area (Å²) in [5.41, 5.74) is 0.175. The highest BCUT2D eigenvalue weighted by Gasteiger charge is 2.10. The fourth-order valence-electron chi connectivity index (χ4n) is 2.46. The maximum absolute atomic E-state index is 13.5. The zero-order valence-corrected chi connectivity index (χ0v) is 12.9. The molecular weight excluding hydrogens is 333 g/mol. The van der Waals surface area contributed by atoms with Crippen molar-refractivity contribution in [1.82, 2.24) is 4.98 Å². The molecule has 0 bridgehead atoms. The van der Waals surface area contributed by atoms with E-state index in [2.05, 4.69) is 10.3 Å². The van der Waals surface area contributed by atoms with Gasteiger partial charge in [0, 0.05) is 18.1 Å². The van der Waals surface area contributed by atoms with Gasteiger partial charge >= 0.3 is 0 Å². The summed E-state index contributed by atoms with van der Waals surface area (Å²) in [5, 5.41) is 2.97. The topological polar surface area (TPSA) is 62.0 Å². The van der Waals surface area contributed by atoms with Gasteiger partial charge in [0.1, 0.15) is 17.5 Å². The Labute approximate surface area is 140 Å². The number of anilines is 1. The molecule has 0 fully saturated rings. The second-order valence-corrected chi connectivity index (χ2v) is 5.53. The van der Waals surface area contributed by atoms with E-state index >= 15 is 0 Å². The van der Waals surface area contributed by atoms with Gasteiger partial charge in [-0.2, -0.15) is 0 Å². The molecule has 1 aromatic heterocycles. The van der Waals surface area contributed by atoms with Gasteiger partial charge in [0.2, 0.25) is 5.91 Å². The molecule has 7 heteroatoms. The maximum atomic E-state index is 13.5. The van der Waals surface area contributed by atoms with Gasteiger partial charge in [-0.3, -0.25) is 9.59 Å². The van der Waals surface area contributed by atoms with E-state index < -0.39 is 28.9 Å². The lowest BCUT2D eigenvalue weighted by Crippen LogP contribution is -2.17. The average Bonchev–Trinajstić information content (AvgIpc) is 2.55. The molecule has 25 heavy (non-hydrogen) atoms. The van der Waals surface area contributed by atoms with Crippen molar-refractivity contribution in [1.29, 1.82) is 0 Å². The summed E-state index contributed by atoms with van der Waals surface area (Å²) in [7, 11) is 0. The quantitative estimate of drug-likeness (QED) is 0.759. The van der Waals surface area contributed by atoms with Crippen molar-refractivity contribution in [2.75, 3.05) is 5.32 Å². The van der Waals surface area contributed by atoms with Crippen LogP contribution in [0.4, 0.5) is 18.9 Å². The largest absolute Gasteiger partial charge is 0.324 e. The number of aromatic amines is 1. The van der Waals surface area contributed by atoms with Crippen molar-refractivity contribution < 1.29 is 18.0 Å². The zero-order chi connectivity index (χ0) is 18.0. The highest BCUT2D eigenvalue weighted by atomic mass is 19.1. The lowest BCUT2D eigenvalue weighted by Gasteiger charge is -2.07. The number of benzene rings is 2. The van der Waals surface area contributed by atoms with E-state index in [0.29, 0.717) is 22.5 Å². The number of nitrogens with one attached hydrogen (secondary N) is 2. The predicted octanol–water partition coefficient (Wildman–Crippen LogP) is 3.52. The van der Waals surface area contributed by atoms with Crippen LogP contribution in [0, 0.1) is 17.5 Å². The number of halogens is 3. The van der Waals surface area contributed by atoms with Crippen LogP contribution in [0.15, 0.2) is 47.3 Å². The number of H-pyrrole nitrogens is 1. The SMILES string of the molecule is O=C(CCc1cc2ccc(F)cc2[nH]c1=O)Nc1ccc(F)cc1F. The van der Waals surface area contributed by atoms with Gasteiger partial charge in [-0.15, -0.1) is 0 Å². The Hall–Kier alpha value is -3.09. The summed E-state index contributed by atoms with van der Waals surface area (Å²) in [4.78, 5) is 26.5. The van der Waals surface area contributed by atoms with Crippen LogP contribution in [0.25, 0.3) is 10.9 Å². The van der Waals surface area contributed by atoms with E-state index in [1.54, 1.807) is 6.07 Å². The minimum Gasteiger partial charge on any atom is -0.324 e. The fraction of sp³-hybridized carbons (Fsp3) is 0.111. The molecule has 3 rings (SSSR count). The summed E-state index contributed by atoms with van der Waals surface area (Å²) in [6.45, 7) is 0. The molecule has 0 atom stereocenters. The second-order valence-electron chi connectivity index (χ2n) is 5.53. The third kappa shape index (κ3) is 3.88. The molecule has 1 amide bonds. The van der Waals surface area contributed by atoms with Gasteiger partial charge in [-0.1, -0.05) is 0 Å². The van der Waals surface area contributed by atoms with Gasteiger partial charge in [-0.05, 0) is 48.2 Å². The second kappa shape index (κ2) is 6.80. The van der Waals surface area contributed by atoms with Crippen molar-refractivity contribution >= 4 is 22.5 Å². The highest BCUT2D eigenvalue weighted by Crippen LogP contribution is 2.16. The number of pyridine rings is 1. The Bertz CT molecular complexity index is 1010. The molecule has 0 unspecified atom stereocenters. The molecule has 2 aromatic carbocycles. The molecule has 1 heterocycles. The van der Waals surface area contributed by atoms with Gasteiger partial charge in [0.15, 0.2) is 0 Å². The van der Waals surface area contributed by atoms with E-state index in [-0.39, 0.29) is 18.5 Å². The van der Waals surface area contributed by atoms with Crippen LogP contribution in [-0.2, 0) is 11.2 Å².